The third-order valence-corrected chi connectivity index (χ3v) is 3.62. The van der Waals surface area contributed by atoms with Gasteiger partial charge in [-0.1, -0.05) is 12.1 Å². The first-order valence-electron chi connectivity index (χ1n) is 7.82. The Balaban J connectivity index is 1.91. The van der Waals surface area contributed by atoms with Gasteiger partial charge in [-0.2, -0.15) is 0 Å². The Bertz CT molecular complexity index is 435. The molecule has 2 rings (SSSR count). The summed E-state index contributed by atoms with van der Waals surface area (Å²) in [6.07, 6.45) is 2.09. The molecule has 0 bridgehead atoms. The van der Waals surface area contributed by atoms with Crippen molar-refractivity contribution in [2.45, 2.75) is 45.3 Å². The lowest BCUT2D eigenvalue weighted by Gasteiger charge is -2.33. The fourth-order valence-corrected chi connectivity index (χ4v) is 2.48. The van der Waals surface area contributed by atoms with E-state index in [2.05, 4.69) is 37.8 Å². The van der Waals surface area contributed by atoms with Crippen molar-refractivity contribution in [3.8, 4) is 5.75 Å². The molecule has 2 N–H and O–H groups in total. The number of anilines is 1. The Labute approximate surface area is 128 Å². The zero-order chi connectivity index (χ0) is 15.3. The third kappa shape index (κ3) is 5.21. The van der Waals surface area contributed by atoms with Crippen LogP contribution in [0.3, 0.4) is 0 Å². The van der Waals surface area contributed by atoms with E-state index in [1.165, 1.54) is 5.69 Å². The zero-order valence-corrected chi connectivity index (χ0v) is 13.5. The van der Waals surface area contributed by atoms with Crippen molar-refractivity contribution in [3.05, 3.63) is 24.3 Å². The Hall–Kier alpha value is -1.26. The number of benzene rings is 1. The van der Waals surface area contributed by atoms with Crippen LogP contribution in [0, 0.1) is 0 Å². The molecule has 0 amide bonds. The molecule has 1 aliphatic heterocycles. The summed E-state index contributed by atoms with van der Waals surface area (Å²) in [7, 11) is 0. The highest BCUT2D eigenvalue weighted by molar-refractivity contribution is 5.58. The summed E-state index contributed by atoms with van der Waals surface area (Å²) >= 11 is 0. The molecule has 1 heterocycles. The molecule has 0 radical (unpaired) electrons. The lowest BCUT2D eigenvalue weighted by atomic mass is 10.1. The number of nitrogens with two attached hydrogens (primary N) is 1. The first kappa shape index (κ1) is 16.1. The van der Waals surface area contributed by atoms with Crippen LogP contribution in [0.1, 0.15) is 33.6 Å². The Morgan fingerprint density at radius 1 is 1.14 bits per heavy atom. The van der Waals surface area contributed by atoms with E-state index in [9.17, 15) is 0 Å². The Morgan fingerprint density at radius 3 is 2.48 bits per heavy atom. The van der Waals surface area contributed by atoms with Crippen LogP contribution in [0.25, 0.3) is 0 Å². The van der Waals surface area contributed by atoms with Crippen LogP contribution in [0.4, 0.5) is 5.69 Å². The highest BCUT2D eigenvalue weighted by atomic mass is 16.5. The zero-order valence-electron chi connectivity index (χ0n) is 13.5. The van der Waals surface area contributed by atoms with Crippen LogP contribution in [0.2, 0.25) is 0 Å². The van der Waals surface area contributed by atoms with E-state index < -0.39 is 0 Å². The molecule has 21 heavy (non-hydrogen) atoms. The number of nitrogens with zero attached hydrogens (tertiary/aromatic N) is 1. The van der Waals surface area contributed by atoms with Crippen molar-refractivity contribution < 1.29 is 9.47 Å². The fourth-order valence-electron chi connectivity index (χ4n) is 2.48. The van der Waals surface area contributed by atoms with E-state index in [1.807, 2.05) is 12.1 Å². The molecular formula is C17H28N2O2. The van der Waals surface area contributed by atoms with Crippen molar-refractivity contribution in [3.63, 3.8) is 0 Å². The van der Waals surface area contributed by atoms with Gasteiger partial charge in [0.25, 0.3) is 0 Å². The number of ether oxygens (including phenoxy) is 2. The summed E-state index contributed by atoms with van der Waals surface area (Å²) in [5.41, 5.74) is 7.03. The molecule has 0 spiro atoms. The van der Waals surface area contributed by atoms with E-state index in [1.54, 1.807) is 0 Å². The molecule has 0 unspecified atom stereocenters. The lowest BCUT2D eigenvalue weighted by molar-refractivity contribution is -0.0162. The van der Waals surface area contributed by atoms with Crippen LogP contribution >= 0.6 is 0 Å². The molecule has 0 saturated carbocycles. The number of piperidine rings is 1. The fraction of sp³-hybridized carbons (Fsp3) is 0.647. The van der Waals surface area contributed by atoms with Crippen molar-refractivity contribution in [2.75, 3.05) is 31.2 Å². The second-order valence-corrected chi connectivity index (χ2v) is 6.60. The van der Waals surface area contributed by atoms with E-state index in [0.717, 1.165) is 31.7 Å². The molecule has 1 aromatic rings. The predicted molar refractivity (Wildman–Crippen MR) is 87.1 cm³/mol. The number of para-hydroxylation sites is 2. The molecule has 0 aromatic heterocycles. The van der Waals surface area contributed by atoms with Gasteiger partial charge in [0.15, 0.2) is 0 Å². The average Bonchev–Trinajstić information content (AvgIpc) is 2.44. The minimum Gasteiger partial charge on any atom is -0.489 e. The van der Waals surface area contributed by atoms with Gasteiger partial charge in [0.1, 0.15) is 12.4 Å². The van der Waals surface area contributed by atoms with Crippen molar-refractivity contribution >= 4 is 5.69 Å². The van der Waals surface area contributed by atoms with Gasteiger partial charge in [-0.05, 0) is 45.7 Å². The normalized spacial score (nSPS) is 17.0. The first-order chi connectivity index (χ1) is 9.96. The third-order valence-electron chi connectivity index (χ3n) is 3.62. The number of hydrogen-bond donors (Lipinski definition) is 1. The lowest BCUT2D eigenvalue weighted by Crippen LogP contribution is -2.39. The van der Waals surface area contributed by atoms with Crippen LogP contribution in [0.15, 0.2) is 24.3 Å². The predicted octanol–water partition coefficient (Wildman–Crippen LogP) is 2.81. The maximum atomic E-state index is 5.98. The SMILES string of the molecule is CC(C)(C)OCCOc1ccccc1N1CCC(N)CC1. The van der Waals surface area contributed by atoms with E-state index in [-0.39, 0.29) is 5.60 Å². The molecule has 1 saturated heterocycles. The largest absolute Gasteiger partial charge is 0.489 e. The van der Waals surface area contributed by atoms with Gasteiger partial charge in [-0.25, -0.2) is 0 Å². The standard InChI is InChI=1S/C17H28N2O2/c1-17(2,3)21-13-12-20-16-7-5-4-6-15(16)19-10-8-14(18)9-11-19/h4-7,14H,8-13,18H2,1-3H3. The Kier molecular flexibility index (Phi) is 5.48. The molecular weight excluding hydrogens is 264 g/mol. The maximum Gasteiger partial charge on any atom is 0.142 e. The molecule has 4 heteroatoms. The second-order valence-electron chi connectivity index (χ2n) is 6.60. The topological polar surface area (TPSA) is 47.7 Å². The van der Waals surface area contributed by atoms with Gasteiger partial charge in [0, 0.05) is 19.1 Å². The molecule has 0 aliphatic carbocycles. The van der Waals surface area contributed by atoms with Crippen molar-refractivity contribution in [1.29, 1.82) is 0 Å². The molecule has 118 valence electrons. The van der Waals surface area contributed by atoms with Gasteiger partial charge in [-0.15, -0.1) is 0 Å². The highest BCUT2D eigenvalue weighted by Crippen LogP contribution is 2.30. The molecule has 1 fully saturated rings. The van der Waals surface area contributed by atoms with Gasteiger partial charge in [-0.3, -0.25) is 0 Å². The minimum atomic E-state index is -0.119. The summed E-state index contributed by atoms with van der Waals surface area (Å²) < 4.78 is 11.6. The van der Waals surface area contributed by atoms with E-state index >= 15 is 0 Å². The summed E-state index contributed by atoms with van der Waals surface area (Å²) in [6, 6.07) is 8.56. The molecule has 4 nitrogen and oxygen atoms in total. The first-order valence-corrected chi connectivity index (χ1v) is 7.82. The maximum absolute atomic E-state index is 5.98. The number of rotatable bonds is 5. The summed E-state index contributed by atoms with van der Waals surface area (Å²) in [4.78, 5) is 2.36. The summed E-state index contributed by atoms with van der Waals surface area (Å²) in [6.45, 7) is 9.33. The van der Waals surface area contributed by atoms with E-state index in [0.29, 0.717) is 19.3 Å². The second kappa shape index (κ2) is 7.14. The van der Waals surface area contributed by atoms with Crippen LogP contribution in [-0.4, -0.2) is 37.9 Å². The number of hydrogen-bond acceptors (Lipinski definition) is 4. The van der Waals surface area contributed by atoms with Crippen molar-refractivity contribution in [1.82, 2.24) is 0 Å². The smallest absolute Gasteiger partial charge is 0.142 e. The average molecular weight is 292 g/mol. The van der Waals surface area contributed by atoms with Crippen LogP contribution in [0.5, 0.6) is 5.75 Å². The van der Waals surface area contributed by atoms with Gasteiger partial charge in [0.05, 0.1) is 17.9 Å². The van der Waals surface area contributed by atoms with Crippen LogP contribution < -0.4 is 15.4 Å². The van der Waals surface area contributed by atoms with Gasteiger partial charge in [0.2, 0.25) is 0 Å². The highest BCUT2D eigenvalue weighted by Gasteiger charge is 2.19. The quantitative estimate of drug-likeness (QED) is 0.848. The van der Waals surface area contributed by atoms with Gasteiger partial charge < -0.3 is 20.1 Å². The molecule has 0 atom stereocenters. The van der Waals surface area contributed by atoms with Crippen molar-refractivity contribution in [2.24, 2.45) is 5.73 Å². The summed E-state index contributed by atoms with van der Waals surface area (Å²) in [5.74, 6) is 0.936. The Morgan fingerprint density at radius 2 is 1.81 bits per heavy atom. The minimum absolute atomic E-state index is 0.119. The molecule has 1 aromatic carbocycles. The van der Waals surface area contributed by atoms with E-state index in [4.69, 9.17) is 15.2 Å². The van der Waals surface area contributed by atoms with Gasteiger partial charge >= 0.3 is 0 Å². The summed E-state index contributed by atoms with van der Waals surface area (Å²) in [5, 5.41) is 0. The monoisotopic (exact) mass is 292 g/mol. The van der Waals surface area contributed by atoms with Crippen LogP contribution in [-0.2, 0) is 4.74 Å². The molecule has 1 aliphatic rings.